The van der Waals surface area contributed by atoms with Gasteiger partial charge in [0.05, 0.1) is 18.1 Å². The van der Waals surface area contributed by atoms with Gasteiger partial charge in [0.1, 0.15) is 0 Å². The van der Waals surface area contributed by atoms with Crippen molar-refractivity contribution >= 4 is 0 Å². The summed E-state index contributed by atoms with van der Waals surface area (Å²) < 4.78 is 0. The molecule has 0 saturated carbocycles. The molecule has 13 heavy (non-hydrogen) atoms. The lowest BCUT2D eigenvalue weighted by Crippen LogP contribution is -1.98. The first-order chi connectivity index (χ1) is 6.40. The molecule has 0 fully saturated rings. The van der Waals surface area contributed by atoms with E-state index in [0.717, 1.165) is 12.1 Å². The number of benzene rings is 1. The molecular weight excluding hydrogens is 162 g/mol. The van der Waals surface area contributed by atoms with Crippen LogP contribution >= 0.6 is 0 Å². The largest absolute Gasteiger partial charge is 0.157 e. The fourth-order valence-corrected chi connectivity index (χ4v) is 1.25. The van der Waals surface area contributed by atoms with Crippen LogP contribution in [-0.2, 0) is 6.42 Å². The Morgan fingerprint density at radius 2 is 2.00 bits per heavy atom. The maximum atomic E-state index is 4.07. The maximum Gasteiger partial charge on any atom is 0.0859 e. The van der Waals surface area contributed by atoms with Crippen molar-refractivity contribution in [1.82, 2.24) is 15.0 Å². The Morgan fingerprint density at radius 1 is 1.23 bits per heavy atom. The molecule has 1 aromatic heterocycles. The zero-order valence-corrected chi connectivity index (χ0v) is 7.51. The van der Waals surface area contributed by atoms with Crippen LogP contribution in [0.5, 0.6) is 0 Å². The number of nitrogens with zero attached hydrogens (tertiary/aromatic N) is 3. The summed E-state index contributed by atoms with van der Waals surface area (Å²) in [6.45, 7) is 2.13. The van der Waals surface area contributed by atoms with Gasteiger partial charge >= 0.3 is 0 Å². The molecule has 0 N–H and O–H groups in total. The summed E-state index contributed by atoms with van der Waals surface area (Å²) in [5.74, 6) is 0. The average molecular weight is 173 g/mol. The van der Waals surface area contributed by atoms with Crippen LogP contribution < -0.4 is 0 Å². The normalized spacial score (nSPS) is 10.2. The monoisotopic (exact) mass is 173 g/mol. The topological polar surface area (TPSA) is 30.7 Å². The highest BCUT2D eigenvalue weighted by molar-refractivity contribution is 5.33. The van der Waals surface area contributed by atoms with Crippen LogP contribution in [0.2, 0.25) is 0 Å². The number of hydrogen-bond acceptors (Lipinski definition) is 2. The molecular formula is C10H11N3. The number of rotatable bonds is 2. The van der Waals surface area contributed by atoms with Gasteiger partial charge in [0.25, 0.3) is 0 Å². The summed E-state index contributed by atoms with van der Waals surface area (Å²) in [6, 6.07) is 8.23. The summed E-state index contributed by atoms with van der Waals surface area (Å²) in [5.41, 5.74) is 2.32. The zero-order valence-electron chi connectivity index (χ0n) is 7.51. The minimum absolute atomic E-state index is 1.02. The van der Waals surface area contributed by atoms with Gasteiger partial charge in [-0.1, -0.05) is 19.1 Å². The van der Waals surface area contributed by atoms with E-state index in [-0.39, 0.29) is 0 Å². The Bertz CT molecular complexity index is 379. The fourth-order valence-electron chi connectivity index (χ4n) is 1.25. The molecule has 1 aromatic carbocycles. The lowest BCUT2D eigenvalue weighted by molar-refractivity contribution is 0.750. The zero-order chi connectivity index (χ0) is 9.10. The second-order valence-electron chi connectivity index (χ2n) is 2.84. The molecule has 0 aliphatic heterocycles. The van der Waals surface area contributed by atoms with Crippen LogP contribution in [0.1, 0.15) is 12.5 Å². The lowest BCUT2D eigenvalue weighted by Gasteiger charge is -2.01. The Labute approximate surface area is 77.0 Å². The van der Waals surface area contributed by atoms with Crippen LogP contribution in [0.25, 0.3) is 5.69 Å². The van der Waals surface area contributed by atoms with Gasteiger partial charge in [-0.2, -0.15) is 15.0 Å². The van der Waals surface area contributed by atoms with E-state index in [9.17, 15) is 0 Å². The molecule has 0 saturated heterocycles. The summed E-state index contributed by atoms with van der Waals surface area (Å²) >= 11 is 0. The van der Waals surface area contributed by atoms with Crippen molar-refractivity contribution in [2.45, 2.75) is 13.3 Å². The standard InChI is InChI=1S/C10H11N3/c1-2-9-4-3-5-10(8-9)13-11-6-7-12-13/h3-8H,2H2,1H3. The number of aryl methyl sites for hydroxylation is 1. The Kier molecular flexibility index (Phi) is 2.08. The molecule has 2 rings (SSSR count). The quantitative estimate of drug-likeness (QED) is 0.693. The van der Waals surface area contributed by atoms with E-state index < -0.39 is 0 Å². The van der Waals surface area contributed by atoms with Crippen LogP contribution in [0.3, 0.4) is 0 Å². The van der Waals surface area contributed by atoms with E-state index in [1.807, 2.05) is 12.1 Å². The van der Waals surface area contributed by atoms with E-state index in [0.29, 0.717) is 0 Å². The van der Waals surface area contributed by atoms with E-state index in [1.165, 1.54) is 5.56 Å². The first-order valence-corrected chi connectivity index (χ1v) is 4.36. The molecule has 0 bridgehead atoms. The highest BCUT2D eigenvalue weighted by atomic mass is 15.5. The molecule has 0 aliphatic rings. The third-order valence-electron chi connectivity index (χ3n) is 1.97. The summed E-state index contributed by atoms with van der Waals surface area (Å²) in [4.78, 5) is 1.62. The number of aromatic nitrogens is 3. The molecule has 0 atom stereocenters. The summed E-state index contributed by atoms with van der Waals surface area (Å²) in [6.07, 6.45) is 4.40. The number of hydrogen-bond donors (Lipinski definition) is 0. The van der Waals surface area contributed by atoms with Crippen molar-refractivity contribution in [2.24, 2.45) is 0 Å². The molecule has 3 heteroatoms. The van der Waals surface area contributed by atoms with E-state index >= 15 is 0 Å². The van der Waals surface area contributed by atoms with Crippen molar-refractivity contribution in [3.05, 3.63) is 42.2 Å². The van der Waals surface area contributed by atoms with E-state index in [1.54, 1.807) is 17.2 Å². The first kappa shape index (κ1) is 7.98. The minimum Gasteiger partial charge on any atom is -0.157 e. The van der Waals surface area contributed by atoms with Crippen molar-refractivity contribution in [1.29, 1.82) is 0 Å². The SMILES string of the molecule is CCc1cccc(-n2nccn2)c1. The van der Waals surface area contributed by atoms with Crippen LogP contribution in [-0.4, -0.2) is 15.0 Å². The van der Waals surface area contributed by atoms with Gasteiger partial charge < -0.3 is 0 Å². The van der Waals surface area contributed by atoms with Crippen molar-refractivity contribution in [3.8, 4) is 5.69 Å². The van der Waals surface area contributed by atoms with Crippen molar-refractivity contribution < 1.29 is 0 Å². The highest BCUT2D eigenvalue weighted by Gasteiger charge is 1.97. The van der Waals surface area contributed by atoms with Crippen LogP contribution in [0.4, 0.5) is 0 Å². The Hall–Kier alpha value is -1.64. The maximum absolute atomic E-state index is 4.07. The molecule has 0 amide bonds. The average Bonchev–Trinajstić information content (AvgIpc) is 2.71. The summed E-state index contributed by atoms with van der Waals surface area (Å²) in [7, 11) is 0. The Balaban J connectivity index is 2.41. The molecule has 0 spiro atoms. The molecule has 66 valence electrons. The molecule has 3 nitrogen and oxygen atoms in total. The fraction of sp³-hybridized carbons (Fsp3) is 0.200. The van der Waals surface area contributed by atoms with Crippen molar-refractivity contribution in [3.63, 3.8) is 0 Å². The molecule has 0 aliphatic carbocycles. The molecule has 2 aromatic rings. The highest BCUT2D eigenvalue weighted by Crippen LogP contribution is 2.08. The van der Waals surface area contributed by atoms with Gasteiger partial charge in [0.2, 0.25) is 0 Å². The first-order valence-electron chi connectivity index (χ1n) is 4.36. The van der Waals surface area contributed by atoms with Gasteiger partial charge in [-0.05, 0) is 24.1 Å². The predicted octanol–water partition coefficient (Wildman–Crippen LogP) is 1.83. The predicted molar refractivity (Wildman–Crippen MR) is 50.7 cm³/mol. The Morgan fingerprint density at radius 3 is 2.69 bits per heavy atom. The van der Waals surface area contributed by atoms with Gasteiger partial charge in [-0.15, -0.1) is 0 Å². The van der Waals surface area contributed by atoms with Gasteiger partial charge in [-0.25, -0.2) is 0 Å². The lowest BCUT2D eigenvalue weighted by atomic mass is 10.1. The third kappa shape index (κ3) is 1.59. The minimum atomic E-state index is 1.02. The second-order valence-corrected chi connectivity index (χ2v) is 2.84. The molecule has 1 heterocycles. The molecule has 0 unspecified atom stereocenters. The smallest absolute Gasteiger partial charge is 0.0859 e. The second kappa shape index (κ2) is 3.39. The van der Waals surface area contributed by atoms with E-state index in [4.69, 9.17) is 0 Å². The van der Waals surface area contributed by atoms with Gasteiger partial charge in [0.15, 0.2) is 0 Å². The van der Waals surface area contributed by atoms with Crippen LogP contribution in [0, 0.1) is 0 Å². The molecule has 0 radical (unpaired) electrons. The van der Waals surface area contributed by atoms with Crippen LogP contribution in [0.15, 0.2) is 36.7 Å². The third-order valence-corrected chi connectivity index (χ3v) is 1.97. The van der Waals surface area contributed by atoms with E-state index in [2.05, 4.69) is 29.3 Å². The van der Waals surface area contributed by atoms with Gasteiger partial charge in [0, 0.05) is 0 Å². The summed E-state index contributed by atoms with van der Waals surface area (Å²) in [5, 5.41) is 8.13. The van der Waals surface area contributed by atoms with Crippen molar-refractivity contribution in [2.75, 3.05) is 0 Å². The van der Waals surface area contributed by atoms with Gasteiger partial charge in [-0.3, -0.25) is 0 Å².